The Hall–Kier alpha value is -2.68. The van der Waals surface area contributed by atoms with Crippen molar-refractivity contribution in [2.75, 3.05) is 18.4 Å². The average Bonchev–Trinajstić information content (AvgIpc) is 3.21. The predicted molar refractivity (Wildman–Crippen MR) is 86.4 cm³/mol. The molecule has 25 heavy (non-hydrogen) atoms. The third-order valence-electron chi connectivity index (χ3n) is 4.12. The molecule has 9 heteroatoms. The Morgan fingerprint density at radius 3 is 2.84 bits per heavy atom. The quantitative estimate of drug-likeness (QED) is 0.758. The lowest BCUT2D eigenvalue weighted by Crippen LogP contribution is -2.29. The molecule has 0 spiro atoms. The minimum Gasteiger partial charge on any atom is -0.363 e. The molecule has 0 amide bonds. The van der Waals surface area contributed by atoms with Gasteiger partial charge in [0.15, 0.2) is 5.65 Å². The van der Waals surface area contributed by atoms with Gasteiger partial charge in [0.05, 0.1) is 29.8 Å². The van der Waals surface area contributed by atoms with Crippen LogP contribution in [0.25, 0.3) is 17.0 Å². The van der Waals surface area contributed by atoms with Crippen LogP contribution in [-0.4, -0.2) is 44.7 Å². The lowest BCUT2D eigenvalue weighted by Gasteiger charge is -2.15. The number of rotatable bonds is 4. The van der Waals surface area contributed by atoms with E-state index >= 15 is 0 Å². The van der Waals surface area contributed by atoms with E-state index in [9.17, 15) is 13.2 Å². The largest absolute Gasteiger partial charge is 0.363 e. The fourth-order valence-corrected chi connectivity index (χ4v) is 2.84. The van der Waals surface area contributed by atoms with E-state index in [-0.39, 0.29) is 11.7 Å². The van der Waals surface area contributed by atoms with Crippen molar-refractivity contribution in [1.82, 2.24) is 24.7 Å². The number of alkyl halides is 3. The molecule has 3 aromatic heterocycles. The van der Waals surface area contributed by atoms with Gasteiger partial charge in [-0.3, -0.25) is 4.40 Å². The van der Waals surface area contributed by atoms with Crippen molar-refractivity contribution in [1.29, 1.82) is 0 Å². The summed E-state index contributed by atoms with van der Waals surface area (Å²) in [6.45, 7) is 0.833. The first-order valence-electron chi connectivity index (χ1n) is 7.82. The third-order valence-corrected chi connectivity index (χ3v) is 4.12. The standard InChI is InChI=1S/C16H15F3N6/c17-9-4-20-5-11(9)24-14-3-1-2-10(23-14)13-6-22-15-7-21-12(16(18)19)8-25(13)15/h1-3,6-9,11,16,20H,4-5H2,(H,23,24)/t9-,11-/m0/s1. The summed E-state index contributed by atoms with van der Waals surface area (Å²) in [6, 6.07) is 4.91. The monoisotopic (exact) mass is 348 g/mol. The van der Waals surface area contributed by atoms with Crippen LogP contribution in [-0.2, 0) is 0 Å². The van der Waals surface area contributed by atoms with Gasteiger partial charge in [-0.15, -0.1) is 0 Å². The van der Waals surface area contributed by atoms with E-state index in [1.54, 1.807) is 24.4 Å². The van der Waals surface area contributed by atoms with E-state index in [0.29, 0.717) is 35.9 Å². The number of halogens is 3. The van der Waals surface area contributed by atoms with Crippen molar-refractivity contribution in [2.45, 2.75) is 18.6 Å². The minimum absolute atomic E-state index is 0.314. The van der Waals surface area contributed by atoms with Crippen molar-refractivity contribution >= 4 is 11.5 Å². The highest BCUT2D eigenvalue weighted by Gasteiger charge is 2.26. The van der Waals surface area contributed by atoms with Gasteiger partial charge >= 0.3 is 0 Å². The maximum atomic E-state index is 13.7. The molecule has 0 saturated carbocycles. The van der Waals surface area contributed by atoms with Crippen LogP contribution >= 0.6 is 0 Å². The van der Waals surface area contributed by atoms with Crippen molar-refractivity contribution in [2.24, 2.45) is 0 Å². The zero-order valence-corrected chi connectivity index (χ0v) is 13.0. The summed E-state index contributed by atoms with van der Waals surface area (Å²) >= 11 is 0. The van der Waals surface area contributed by atoms with Crippen LogP contribution < -0.4 is 10.6 Å². The van der Waals surface area contributed by atoms with E-state index < -0.39 is 12.6 Å². The van der Waals surface area contributed by atoms with Crippen LogP contribution in [0.3, 0.4) is 0 Å². The molecule has 0 unspecified atom stereocenters. The number of nitrogens with one attached hydrogen (secondary N) is 2. The first kappa shape index (κ1) is 15.8. The molecular formula is C16H15F3N6. The number of nitrogens with zero attached hydrogens (tertiary/aromatic N) is 4. The van der Waals surface area contributed by atoms with Gasteiger partial charge in [0.1, 0.15) is 17.7 Å². The van der Waals surface area contributed by atoms with E-state index in [4.69, 9.17) is 0 Å². The molecule has 6 nitrogen and oxygen atoms in total. The molecule has 3 aromatic rings. The number of fused-ring (bicyclic) bond motifs is 1. The van der Waals surface area contributed by atoms with Crippen LogP contribution in [0.2, 0.25) is 0 Å². The molecule has 2 atom stereocenters. The normalized spacial score (nSPS) is 20.5. The van der Waals surface area contributed by atoms with Gasteiger partial charge in [-0.2, -0.15) is 0 Å². The topological polar surface area (TPSA) is 67.1 Å². The summed E-state index contributed by atoms with van der Waals surface area (Å²) in [7, 11) is 0. The molecule has 4 heterocycles. The Morgan fingerprint density at radius 1 is 1.20 bits per heavy atom. The lowest BCUT2D eigenvalue weighted by molar-refractivity contribution is 0.145. The first-order valence-corrected chi connectivity index (χ1v) is 7.82. The zero-order chi connectivity index (χ0) is 17.4. The number of aromatic nitrogens is 4. The Labute approximate surface area is 141 Å². The molecular weight excluding hydrogens is 333 g/mol. The van der Waals surface area contributed by atoms with Crippen molar-refractivity contribution in [3.8, 4) is 11.4 Å². The summed E-state index contributed by atoms with van der Waals surface area (Å²) < 4.78 is 41.1. The van der Waals surface area contributed by atoms with Crippen molar-refractivity contribution < 1.29 is 13.2 Å². The lowest BCUT2D eigenvalue weighted by atomic mass is 10.2. The molecule has 2 N–H and O–H groups in total. The summed E-state index contributed by atoms with van der Waals surface area (Å²) in [5.41, 5.74) is 1.22. The SMILES string of the molecule is FC(F)c1cn2c(-c3cccc(N[C@H]4CNC[C@@H]4F)n3)cnc2cn1. The summed E-state index contributed by atoms with van der Waals surface area (Å²) in [5.74, 6) is 0.520. The highest BCUT2D eigenvalue weighted by molar-refractivity contribution is 5.61. The minimum atomic E-state index is -2.67. The van der Waals surface area contributed by atoms with E-state index in [2.05, 4.69) is 25.6 Å². The van der Waals surface area contributed by atoms with Crippen molar-refractivity contribution in [3.05, 3.63) is 42.5 Å². The molecule has 4 rings (SSSR count). The molecule has 130 valence electrons. The second-order valence-electron chi connectivity index (χ2n) is 5.82. The second-order valence-corrected chi connectivity index (χ2v) is 5.82. The zero-order valence-electron chi connectivity index (χ0n) is 13.0. The van der Waals surface area contributed by atoms with Crippen LogP contribution in [0.15, 0.2) is 36.8 Å². The number of hydrogen-bond donors (Lipinski definition) is 2. The molecule has 0 aromatic carbocycles. The molecule has 0 radical (unpaired) electrons. The Balaban J connectivity index is 1.68. The fourth-order valence-electron chi connectivity index (χ4n) is 2.84. The van der Waals surface area contributed by atoms with E-state index in [1.165, 1.54) is 16.8 Å². The number of pyridine rings is 1. The van der Waals surface area contributed by atoms with Crippen LogP contribution in [0.5, 0.6) is 0 Å². The second kappa shape index (κ2) is 6.32. The number of hydrogen-bond acceptors (Lipinski definition) is 5. The van der Waals surface area contributed by atoms with Gasteiger partial charge in [0.25, 0.3) is 6.43 Å². The smallest absolute Gasteiger partial charge is 0.281 e. The molecule has 0 bridgehead atoms. The van der Waals surface area contributed by atoms with Gasteiger partial charge < -0.3 is 10.6 Å². The van der Waals surface area contributed by atoms with Crippen molar-refractivity contribution in [3.63, 3.8) is 0 Å². The number of anilines is 1. The van der Waals surface area contributed by atoms with Crippen LogP contribution in [0.1, 0.15) is 12.1 Å². The summed E-state index contributed by atoms with van der Waals surface area (Å²) in [4.78, 5) is 12.3. The molecule has 1 saturated heterocycles. The van der Waals surface area contributed by atoms with Crippen LogP contribution in [0, 0.1) is 0 Å². The van der Waals surface area contributed by atoms with E-state index in [1.807, 2.05) is 0 Å². The first-order chi connectivity index (χ1) is 12.1. The average molecular weight is 348 g/mol. The maximum Gasteiger partial charge on any atom is 0.281 e. The van der Waals surface area contributed by atoms with E-state index in [0.717, 1.165) is 0 Å². The number of imidazole rings is 1. The predicted octanol–water partition coefficient (Wildman–Crippen LogP) is 2.45. The highest BCUT2D eigenvalue weighted by atomic mass is 19.3. The molecule has 1 aliphatic rings. The molecule has 1 aliphatic heterocycles. The van der Waals surface area contributed by atoms with Gasteiger partial charge in [0.2, 0.25) is 0 Å². The van der Waals surface area contributed by atoms with Crippen LogP contribution in [0.4, 0.5) is 19.0 Å². The van der Waals surface area contributed by atoms with Gasteiger partial charge in [-0.05, 0) is 12.1 Å². The third kappa shape index (κ3) is 3.02. The van der Waals surface area contributed by atoms with Gasteiger partial charge in [-0.1, -0.05) is 6.07 Å². The highest BCUT2D eigenvalue weighted by Crippen LogP contribution is 2.23. The van der Waals surface area contributed by atoms with Gasteiger partial charge in [-0.25, -0.2) is 28.1 Å². The summed E-state index contributed by atoms with van der Waals surface area (Å²) in [6.07, 6.45) is 0.444. The molecule has 1 fully saturated rings. The molecule has 0 aliphatic carbocycles. The summed E-state index contributed by atoms with van der Waals surface area (Å²) in [5, 5.41) is 6.03. The fraction of sp³-hybridized carbons (Fsp3) is 0.312. The Bertz CT molecular complexity index is 896. The Kier molecular flexibility index (Phi) is 4.00. The maximum absolute atomic E-state index is 13.7. The van der Waals surface area contributed by atoms with Gasteiger partial charge in [0, 0.05) is 19.3 Å². The Morgan fingerprint density at radius 2 is 2.08 bits per heavy atom.